The molecule has 0 aromatic heterocycles. The third-order valence-corrected chi connectivity index (χ3v) is 0. The minimum Gasteiger partial charge on any atom is 2.00 e. The zero-order valence-electron chi connectivity index (χ0n) is 9.59. The Balaban J connectivity index is -0.0000000217. The van der Waals surface area contributed by atoms with Gasteiger partial charge in [0, 0.05) is 0 Å². The van der Waals surface area contributed by atoms with E-state index >= 15 is 0 Å². The topological polar surface area (TPSA) is 95.2 Å². The van der Waals surface area contributed by atoms with Crippen LogP contribution < -0.4 is 0 Å². The van der Waals surface area contributed by atoms with E-state index in [4.69, 9.17) is 85.0 Å². The summed E-state index contributed by atoms with van der Waals surface area (Å²) in [4.78, 5) is 0. The van der Waals surface area contributed by atoms with Gasteiger partial charge in [-0.2, -0.15) is 0 Å². The average Bonchev–Trinajstić information content (AvgIpc) is 2.32. The second-order valence-electron chi connectivity index (χ2n) is 0.813. The van der Waals surface area contributed by atoms with Gasteiger partial charge in [0.15, 0.2) is 0 Å². The fraction of sp³-hybridized carbons (Fsp3) is 0. The minimum absolute atomic E-state index is 0. The van der Waals surface area contributed by atoms with Gasteiger partial charge in [0.1, 0.15) is 0 Å². The Morgan fingerprint density at radius 1 is 0.583 bits per heavy atom. The van der Waals surface area contributed by atoms with Gasteiger partial charge in [0.25, 0.3) is 0 Å². The Bertz CT molecular complexity index is 238. The molecule has 0 unspecified atom stereocenters. The fourth-order valence-corrected chi connectivity index (χ4v) is 0. The first kappa shape index (κ1) is 52.6. The minimum atomic E-state index is -3.06. The van der Waals surface area contributed by atoms with Crippen molar-refractivity contribution in [3.63, 3.8) is 0 Å². The van der Waals surface area contributed by atoms with E-state index in [9.17, 15) is 0 Å². The summed E-state index contributed by atoms with van der Waals surface area (Å²) in [5.41, 5.74) is 0. The first-order valence-corrected chi connectivity index (χ1v) is 59.2. The van der Waals surface area contributed by atoms with E-state index in [1.54, 1.807) is 0 Å². The van der Waals surface area contributed by atoms with Crippen LogP contribution in [0.25, 0.3) is 0 Å². The summed E-state index contributed by atoms with van der Waals surface area (Å²) in [6.45, 7) is 19.0. The van der Waals surface area contributed by atoms with E-state index in [1.807, 2.05) is 0 Å². The maximum absolute atomic E-state index is 6.25. The molecule has 0 spiro atoms. The van der Waals surface area contributed by atoms with Gasteiger partial charge in [-0.1, -0.05) is 0 Å². The third kappa shape index (κ3) is 489. The van der Waals surface area contributed by atoms with E-state index in [0.717, 1.165) is 0 Å². The van der Waals surface area contributed by atoms with Crippen LogP contribution in [0.4, 0.5) is 0 Å². The predicted molar refractivity (Wildman–Crippen MR) is 135 cm³/mol. The van der Waals surface area contributed by atoms with Gasteiger partial charge in [-0.3, -0.25) is 0 Å². The molecule has 0 aliphatic rings. The van der Waals surface area contributed by atoms with Gasteiger partial charge in [0.05, 0.1) is 0 Å². The van der Waals surface area contributed by atoms with Crippen LogP contribution in [-0.4, -0.2) is 0 Å². The molecule has 0 saturated heterocycles. The van der Waals surface area contributed by atoms with Crippen molar-refractivity contribution in [3.05, 3.63) is 26.3 Å². The van der Waals surface area contributed by atoms with Crippen molar-refractivity contribution in [2.75, 3.05) is 0 Å². The molecule has 0 aliphatic carbocycles. The molecule has 0 saturated carbocycles. The normalized spacial score (nSPS) is 9.83. The van der Waals surface area contributed by atoms with Crippen molar-refractivity contribution in [2.45, 2.75) is 0 Å². The van der Waals surface area contributed by atoms with Crippen LogP contribution >= 0.6 is 168 Å². The Morgan fingerprint density at radius 3 is 0.583 bits per heavy atom. The first-order chi connectivity index (χ1) is 10.0. The van der Waals surface area contributed by atoms with E-state index in [2.05, 4.69) is 131 Å². The molecule has 0 heterocycles. The molecule has 0 radical (unpaired) electrons. The molecular formula is C4Br4Cl4I4N4Pt4-2. The molecule has 0 rings (SSSR count). The number of halogens is 12. The quantitative estimate of drug-likeness (QED) is 0.178. The molecule has 0 aromatic carbocycles. The number of rotatable bonds is 0. The van der Waals surface area contributed by atoms with E-state index in [-0.39, 0.29) is 21.1 Å². The summed E-state index contributed by atoms with van der Waals surface area (Å²) in [7, 11) is 18.3. The third-order valence-electron chi connectivity index (χ3n) is 0. The summed E-state index contributed by atoms with van der Waals surface area (Å²) in [5.74, 6) is 0. The standard InChI is InChI=1S/4CN.4BrH.4ClH.4HI.4Pt/c4*1-2;;;;;;;;;;;;;;;;/h;;;;12*1H;;;;/q4*-1;;;;;;;;;;;;;+2;3*+4/p-12. The molecule has 0 N–H and O–H groups in total. The van der Waals surface area contributed by atoms with Crippen LogP contribution in [0.15, 0.2) is 0 Å². The van der Waals surface area contributed by atoms with Gasteiger partial charge < -0.3 is 47.3 Å². The summed E-state index contributed by atoms with van der Waals surface area (Å²) < 4.78 is -1.06. The summed E-state index contributed by atoms with van der Waals surface area (Å²) in [5, 5.41) is 25.0. The molecule has 0 bridgehead atoms. The zero-order valence-corrected chi connectivity index (χ0v) is 36.7. The summed E-state index contributed by atoms with van der Waals surface area (Å²) in [6, 6.07) is 0. The predicted octanol–water partition coefficient (Wildman–Crippen LogP) is 10.1. The van der Waals surface area contributed by atoms with Crippen LogP contribution in [0.1, 0.15) is 0 Å². The van der Waals surface area contributed by atoms with E-state index in [1.165, 1.54) is 0 Å². The van der Waals surface area contributed by atoms with Crippen LogP contribution in [0, 0.1) is 47.3 Å². The number of hydrogen-bond donors (Lipinski definition) is 0. The molecule has 0 amide bonds. The van der Waals surface area contributed by atoms with Gasteiger partial charge in [0.2, 0.25) is 0 Å². The molecule has 0 fully saturated rings. The zero-order chi connectivity index (χ0) is 21.5. The van der Waals surface area contributed by atoms with Crippen LogP contribution in [0.2, 0.25) is 0 Å². The molecule has 0 aromatic rings. The van der Waals surface area contributed by atoms with Crippen LogP contribution in [0.3, 0.4) is 0 Å². The van der Waals surface area contributed by atoms with Crippen molar-refractivity contribution < 1.29 is 42.1 Å². The van der Waals surface area contributed by atoms with Crippen molar-refractivity contribution in [1.29, 1.82) is 21.0 Å². The molecule has 162 valence electrons. The summed E-state index contributed by atoms with van der Waals surface area (Å²) in [6.07, 6.45) is 0. The number of nitrogens with zero attached hydrogens (tertiary/aromatic N) is 4. The fourth-order valence-electron chi connectivity index (χ4n) is 0. The smallest absolute Gasteiger partial charge is 2.00 e. The summed E-state index contributed by atoms with van der Waals surface area (Å²) >= 11 is 20.2. The van der Waals surface area contributed by atoms with Gasteiger partial charge in [-0.05, 0) is 0 Å². The molecule has 4 nitrogen and oxygen atoms in total. The maximum Gasteiger partial charge on any atom is 2.00 e. The molecule has 24 heavy (non-hydrogen) atoms. The largest absolute Gasteiger partial charge is 2.00 e. The average molecular weight is 1850 g/mol. The molecule has 20 heteroatoms. The second-order valence-corrected chi connectivity index (χ2v) is 180. The number of hydrogen-bond acceptors (Lipinski definition) is 4. The van der Waals surface area contributed by atoms with Crippen LogP contribution in [-0.2, 0) is 42.1 Å². The van der Waals surface area contributed by atoms with Crippen molar-refractivity contribution >= 4 is 168 Å². The SMILES string of the molecule is [Br][Pt]([Br])([Br])[Br].[C-]#N.[C-]#N.[C-]#N.[C-]#N.[Cl][Pt]([Cl])([Cl])[Cl].[I][Pt]([I])([I])[I].[Pt+2]. The van der Waals surface area contributed by atoms with Gasteiger partial charge >= 0.3 is 210 Å². The Kier molecular flexibility index (Phi) is 87.8. The molecular weight excluding hydrogens is 1850 g/mol. The Hall–Kier alpha value is 6.71. The second kappa shape index (κ2) is 40.1. The van der Waals surface area contributed by atoms with E-state index in [0.29, 0.717) is 0 Å². The molecule has 0 atom stereocenters. The van der Waals surface area contributed by atoms with Gasteiger partial charge in [-0.25, -0.2) is 0 Å². The van der Waals surface area contributed by atoms with E-state index < -0.39 is 21.1 Å². The Labute approximate surface area is 250 Å². The Morgan fingerprint density at radius 2 is 0.583 bits per heavy atom. The van der Waals surface area contributed by atoms with Gasteiger partial charge in [-0.15, -0.1) is 0 Å². The monoisotopic (exact) mass is 1850 g/mol. The van der Waals surface area contributed by atoms with Crippen LogP contribution in [0.5, 0.6) is 0 Å². The molecule has 0 aliphatic heterocycles. The van der Waals surface area contributed by atoms with Crippen molar-refractivity contribution in [3.8, 4) is 0 Å². The first-order valence-electron chi connectivity index (χ1n) is 2.33. The van der Waals surface area contributed by atoms with Crippen molar-refractivity contribution in [2.24, 2.45) is 0 Å². The maximum atomic E-state index is 6.25. The van der Waals surface area contributed by atoms with Crippen molar-refractivity contribution in [1.82, 2.24) is 0 Å².